The third-order valence-corrected chi connectivity index (χ3v) is 3.46. The Morgan fingerprint density at radius 1 is 1.10 bits per heavy atom. The second kappa shape index (κ2) is 5.84. The molecule has 4 nitrogen and oxygen atoms in total. The second-order valence-corrected chi connectivity index (χ2v) is 4.94. The summed E-state index contributed by atoms with van der Waals surface area (Å²) in [6.07, 6.45) is 0. The lowest BCUT2D eigenvalue weighted by molar-refractivity contribution is 0.262. The molecular weight excluding hydrogens is 274 g/mol. The van der Waals surface area contributed by atoms with Gasteiger partial charge in [0.15, 0.2) is 0 Å². The SMILES string of the molecule is Cc1ccc(N)c(NC(=O)Nc2ccccc2Cl)c1C. The lowest BCUT2D eigenvalue weighted by atomic mass is 10.1. The first-order valence-corrected chi connectivity index (χ1v) is 6.55. The molecule has 104 valence electrons. The Hall–Kier alpha value is -2.20. The average molecular weight is 290 g/mol. The van der Waals surface area contributed by atoms with Crippen molar-refractivity contribution in [2.24, 2.45) is 0 Å². The smallest absolute Gasteiger partial charge is 0.323 e. The minimum absolute atomic E-state index is 0.376. The maximum absolute atomic E-state index is 12.0. The van der Waals surface area contributed by atoms with Crippen molar-refractivity contribution < 1.29 is 4.79 Å². The summed E-state index contributed by atoms with van der Waals surface area (Å²) >= 11 is 5.99. The van der Waals surface area contributed by atoms with E-state index < -0.39 is 0 Å². The molecule has 0 fully saturated rings. The Labute approximate surface area is 122 Å². The molecule has 5 heteroatoms. The van der Waals surface area contributed by atoms with E-state index in [2.05, 4.69) is 10.6 Å². The van der Waals surface area contributed by atoms with Gasteiger partial charge < -0.3 is 16.4 Å². The van der Waals surface area contributed by atoms with Gasteiger partial charge in [-0.1, -0.05) is 29.8 Å². The van der Waals surface area contributed by atoms with Crippen LogP contribution in [0.25, 0.3) is 0 Å². The van der Waals surface area contributed by atoms with Crippen LogP contribution >= 0.6 is 11.6 Å². The number of hydrogen-bond acceptors (Lipinski definition) is 2. The summed E-state index contributed by atoms with van der Waals surface area (Å²) in [5.41, 5.74) is 9.60. The van der Waals surface area contributed by atoms with Gasteiger partial charge in [-0.25, -0.2) is 4.79 Å². The van der Waals surface area contributed by atoms with Crippen molar-refractivity contribution in [1.29, 1.82) is 0 Å². The van der Waals surface area contributed by atoms with Crippen LogP contribution in [0.2, 0.25) is 5.02 Å². The van der Waals surface area contributed by atoms with Gasteiger partial charge in [0.05, 0.1) is 22.1 Å². The Bertz CT molecular complexity index is 656. The van der Waals surface area contributed by atoms with Crippen LogP contribution in [0.5, 0.6) is 0 Å². The van der Waals surface area contributed by atoms with Crippen LogP contribution in [0.15, 0.2) is 36.4 Å². The van der Waals surface area contributed by atoms with Crippen molar-refractivity contribution in [3.8, 4) is 0 Å². The Kier molecular flexibility index (Phi) is 4.15. The molecule has 0 aliphatic rings. The molecule has 0 bridgehead atoms. The van der Waals surface area contributed by atoms with Gasteiger partial charge in [-0.05, 0) is 43.2 Å². The number of rotatable bonds is 2. The average Bonchev–Trinajstić information content (AvgIpc) is 2.42. The number of urea groups is 1. The normalized spacial score (nSPS) is 10.2. The van der Waals surface area contributed by atoms with Gasteiger partial charge in [0, 0.05) is 0 Å². The number of para-hydroxylation sites is 1. The van der Waals surface area contributed by atoms with Gasteiger partial charge in [0.2, 0.25) is 0 Å². The number of amides is 2. The molecule has 0 unspecified atom stereocenters. The molecule has 2 aromatic rings. The zero-order valence-corrected chi connectivity index (χ0v) is 12.1. The van der Waals surface area contributed by atoms with Gasteiger partial charge in [0.25, 0.3) is 0 Å². The van der Waals surface area contributed by atoms with E-state index in [0.717, 1.165) is 11.1 Å². The van der Waals surface area contributed by atoms with Crippen molar-refractivity contribution in [1.82, 2.24) is 0 Å². The predicted octanol–water partition coefficient (Wildman–Crippen LogP) is 4.18. The summed E-state index contributed by atoms with van der Waals surface area (Å²) < 4.78 is 0. The topological polar surface area (TPSA) is 67.1 Å². The van der Waals surface area contributed by atoms with E-state index in [-0.39, 0.29) is 6.03 Å². The van der Waals surface area contributed by atoms with Crippen LogP contribution in [0.3, 0.4) is 0 Å². The molecule has 0 heterocycles. The molecule has 0 aliphatic heterocycles. The maximum Gasteiger partial charge on any atom is 0.323 e. The summed E-state index contributed by atoms with van der Waals surface area (Å²) in [5, 5.41) is 5.94. The van der Waals surface area contributed by atoms with E-state index >= 15 is 0 Å². The number of carbonyl (C=O) groups is 1. The van der Waals surface area contributed by atoms with Crippen LogP contribution in [-0.4, -0.2) is 6.03 Å². The first-order chi connectivity index (χ1) is 9.49. The first-order valence-electron chi connectivity index (χ1n) is 6.17. The molecule has 0 atom stereocenters. The lowest BCUT2D eigenvalue weighted by Gasteiger charge is -2.14. The van der Waals surface area contributed by atoms with E-state index in [1.807, 2.05) is 19.9 Å². The number of nitrogens with two attached hydrogens (primary N) is 1. The van der Waals surface area contributed by atoms with Gasteiger partial charge in [-0.3, -0.25) is 0 Å². The van der Waals surface area contributed by atoms with E-state index in [4.69, 9.17) is 17.3 Å². The molecule has 2 amide bonds. The Morgan fingerprint density at radius 2 is 1.80 bits per heavy atom. The van der Waals surface area contributed by atoms with Gasteiger partial charge in [-0.15, -0.1) is 0 Å². The predicted molar refractivity (Wildman–Crippen MR) is 84.4 cm³/mol. The molecule has 0 saturated carbocycles. The number of benzene rings is 2. The van der Waals surface area contributed by atoms with Crippen LogP contribution in [0, 0.1) is 13.8 Å². The molecule has 0 aliphatic carbocycles. The highest BCUT2D eigenvalue weighted by Crippen LogP contribution is 2.26. The molecule has 0 radical (unpaired) electrons. The number of halogens is 1. The fourth-order valence-corrected chi connectivity index (χ4v) is 2.02. The van der Waals surface area contributed by atoms with Gasteiger partial charge >= 0.3 is 6.03 Å². The Balaban J connectivity index is 2.17. The van der Waals surface area contributed by atoms with E-state index in [9.17, 15) is 4.79 Å². The molecule has 0 spiro atoms. The van der Waals surface area contributed by atoms with E-state index in [0.29, 0.717) is 22.1 Å². The number of carbonyl (C=O) groups excluding carboxylic acids is 1. The molecule has 0 aromatic heterocycles. The molecule has 20 heavy (non-hydrogen) atoms. The first kappa shape index (κ1) is 14.2. The second-order valence-electron chi connectivity index (χ2n) is 4.53. The monoisotopic (exact) mass is 289 g/mol. The van der Waals surface area contributed by atoms with Crippen molar-refractivity contribution >= 4 is 34.7 Å². The highest BCUT2D eigenvalue weighted by Gasteiger charge is 2.10. The van der Waals surface area contributed by atoms with Crippen LogP contribution < -0.4 is 16.4 Å². The summed E-state index contributed by atoms with van der Waals surface area (Å²) in [4.78, 5) is 12.0. The zero-order valence-electron chi connectivity index (χ0n) is 11.3. The molecule has 2 rings (SSSR count). The van der Waals surface area contributed by atoms with Crippen molar-refractivity contribution in [3.05, 3.63) is 52.5 Å². The number of nitrogens with one attached hydrogen (secondary N) is 2. The largest absolute Gasteiger partial charge is 0.397 e. The summed E-state index contributed by atoms with van der Waals surface area (Å²) in [6.45, 7) is 3.88. The van der Waals surface area contributed by atoms with Crippen molar-refractivity contribution in [3.63, 3.8) is 0 Å². The van der Waals surface area contributed by atoms with Crippen LogP contribution in [0.1, 0.15) is 11.1 Å². The van der Waals surface area contributed by atoms with E-state index in [1.54, 1.807) is 30.3 Å². The highest BCUT2D eigenvalue weighted by atomic mass is 35.5. The van der Waals surface area contributed by atoms with Crippen molar-refractivity contribution in [2.75, 3.05) is 16.4 Å². The fraction of sp³-hybridized carbons (Fsp3) is 0.133. The number of anilines is 3. The number of nitrogen functional groups attached to an aromatic ring is 1. The van der Waals surface area contributed by atoms with E-state index in [1.165, 1.54) is 0 Å². The van der Waals surface area contributed by atoms with Crippen molar-refractivity contribution in [2.45, 2.75) is 13.8 Å². The highest BCUT2D eigenvalue weighted by molar-refractivity contribution is 6.33. The van der Waals surface area contributed by atoms with Gasteiger partial charge in [0.1, 0.15) is 0 Å². The summed E-state index contributed by atoms with van der Waals surface area (Å²) in [7, 11) is 0. The maximum atomic E-state index is 12.0. The molecular formula is C15H16ClN3O. The zero-order chi connectivity index (χ0) is 14.7. The number of aryl methyl sites for hydroxylation is 1. The molecule has 4 N–H and O–H groups in total. The van der Waals surface area contributed by atoms with Crippen LogP contribution in [0.4, 0.5) is 21.9 Å². The lowest BCUT2D eigenvalue weighted by Crippen LogP contribution is -2.21. The minimum Gasteiger partial charge on any atom is -0.397 e. The molecule has 0 saturated heterocycles. The number of hydrogen-bond donors (Lipinski definition) is 3. The van der Waals surface area contributed by atoms with Gasteiger partial charge in [-0.2, -0.15) is 0 Å². The fourth-order valence-electron chi connectivity index (χ4n) is 1.83. The summed E-state index contributed by atoms with van der Waals surface area (Å²) in [5.74, 6) is 0. The Morgan fingerprint density at radius 3 is 2.50 bits per heavy atom. The third-order valence-electron chi connectivity index (χ3n) is 3.13. The summed E-state index contributed by atoms with van der Waals surface area (Å²) in [6, 6.07) is 10.4. The standard InChI is InChI=1S/C15H16ClN3O/c1-9-7-8-12(17)14(10(9)2)19-15(20)18-13-6-4-3-5-11(13)16/h3-8H,17H2,1-2H3,(H2,18,19,20). The quantitative estimate of drug-likeness (QED) is 0.726. The van der Waals surface area contributed by atoms with Crippen LogP contribution in [-0.2, 0) is 0 Å². The third kappa shape index (κ3) is 3.03. The molecule has 2 aromatic carbocycles. The minimum atomic E-state index is -0.376.